The van der Waals surface area contributed by atoms with E-state index in [0.29, 0.717) is 30.1 Å². The van der Waals surface area contributed by atoms with Gasteiger partial charge in [-0.15, -0.1) is 11.3 Å². The molecule has 2 aromatic rings. The molecular weight excluding hydrogens is 384 g/mol. The van der Waals surface area contributed by atoms with Crippen LogP contribution in [0.4, 0.5) is 4.79 Å². The van der Waals surface area contributed by atoms with Crippen LogP contribution in [0.15, 0.2) is 52.1 Å². The van der Waals surface area contributed by atoms with Crippen molar-refractivity contribution in [3.05, 3.63) is 53.4 Å². The van der Waals surface area contributed by atoms with Crippen molar-refractivity contribution in [3.63, 3.8) is 0 Å². The number of hydrogen-bond acceptors (Lipinski definition) is 5. The molecule has 0 radical (unpaired) electrons. The van der Waals surface area contributed by atoms with Gasteiger partial charge in [0.1, 0.15) is 10.3 Å². The third-order valence-corrected chi connectivity index (χ3v) is 8.62. The van der Waals surface area contributed by atoms with Gasteiger partial charge in [0.2, 0.25) is 0 Å². The van der Waals surface area contributed by atoms with E-state index in [9.17, 15) is 13.2 Å². The van der Waals surface area contributed by atoms with Crippen molar-refractivity contribution in [1.29, 1.82) is 0 Å². The number of ether oxygens (including phenoxy) is 1. The Morgan fingerprint density at radius 1 is 1.07 bits per heavy atom. The third kappa shape index (κ3) is 3.37. The molecule has 2 unspecified atom stereocenters. The summed E-state index contributed by atoms with van der Waals surface area (Å²) in [5.41, 5.74) is 0.985. The van der Waals surface area contributed by atoms with Crippen LogP contribution >= 0.6 is 11.3 Å². The first-order valence-electron chi connectivity index (χ1n) is 9.06. The summed E-state index contributed by atoms with van der Waals surface area (Å²) < 4.78 is 32.9. The molecule has 0 N–H and O–H groups in total. The molecule has 0 spiro atoms. The van der Waals surface area contributed by atoms with E-state index in [-0.39, 0.29) is 24.3 Å². The van der Waals surface area contributed by atoms with E-state index in [1.54, 1.807) is 22.4 Å². The fourth-order valence-corrected chi connectivity index (χ4v) is 6.56. The van der Waals surface area contributed by atoms with Crippen molar-refractivity contribution < 1.29 is 17.9 Å². The van der Waals surface area contributed by atoms with Gasteiger partial charge in [-0.25, -0.2) is 13.2 Å². The molecule has 2 aliphatic heterocycles. The number of carbonyl (C=O) groups excluding carboxylic acids is 1. The Hall–Kier alpha value is -1.90. The zero-order valence-corrected chi connectivity index (χ0v) is 16.7. The van der Waals surface area contributed by atoms with Crippen molar-refractivity contribution in [2.24, 2.45) is 0 Å². The van der Waals surface area contributed by atoms with Gasteiger partial charge >= 0.3 is 6.09 Å². The predicted octanol–water partition coefficient (Wildman–Crippen LogP) is 3.48. The largest absolute Gasteiger partial charge is 0.439 e. The van der Waals surface area contributed by atoms with E-state index in [1.165, 1.54) is 15.6 Å². The average Bonchev–Trinajstić information content (AvgIpc) is 3.32. The van der Waals surface area contributed by atoms with Crippen LogP contribution < -0.4 is 0 Å². The second kappa shape index (κ2) is 7.26. The summed E-state index contributed by atoms with van der Waals surface area (Å²) in [5.74, 6) is 0. The Balaban J connectivity index is 1.45. The fourth-order valence-electron chi connectivity index (χ4n) is 3.95. The number of cyclic esters (lactones) is 1. The topological polar surface area (TPSA) is 66.9 Å². The summed E-state index contributed by atoms with van der Waals surface area (Å²) in [6.45, 7) is 2.83. The first-order chi connectivity index (χ1) is 13.0. The highest BCUT2D eigenvalue weighted by atomic mass is 32.2. The molecule has 1 aromatic heterocycles. The van der Waals surface area contributed by atoms with E-state index in [0.717, 1.165) is 5.56 Å². The van der Waals surface area contributed by atoms with E-state index in [1.807, 2.05) is 37.3 Å². The molecule has 1 amide bonds. The Labute approximate surface area is 163 Å². The monoisotopic (exact) mass is 406 g/mol. The Bertz CT molecular complexity index is 891. The van der Waals surface area contributed by atoms with Crippen molar-refractivity contribution in [1.82, 2.24) is 9.21 Å². The molecule has 2 fully saturated rings. The van der Waals surface area contributed by atoms with Gasteiger partial charge in [-0.2, -0.15) is 4.31 Å². The maximum atomic E-state index is 12.7. The zero-order chi connectivity index (χ0) is 19.0. The van der Waals surface area contributed by atoms with Crippen LogP contribution in [0, 0.1) is 0 Å². The number of carbonyl (C=O) groups is 1. The fraction of sp³-hybridized carbons (Fsp3) is 0.421. The van der Waals surface area contributed by atoms with Gasteiger partial charge in [-0.1, -0.05) is 36.4 Å². The van der Waals surface area contributed by atoms with Crippen LogP contribution in [0.1, 0.15) is 31.4 Å². The van der Waals surface area contributed by atoms with Crippen molar-refractivity contribution >= 4 is 27.5 Å². The summed E-state index contributed by atoms with van der Waals surface area (Å²) in [6, 6.07) is 13.0. The lowest BCUT2D eigenvalue weighted by molar-refractivity contribution is 0.121. The van der Waals surface area contributed by atoms with E-state index in [4.69, 9.17) is 4.74 Å². The number of amides is 1. The molecule has 3 heterocycles. The molecule has 0 saturated carbocycles. The van der Waals surface area contributed by atoms with Crippen LogP contribution in [-0.4, -0.2) is 48.9 Å². The minimum Gasteiger partial charge on any atom is -0.439 e. The first-order valence-corrected chi connectivity index (χ1v) is 11.4. The second-order valence-corrected chi connectivity index (χ2v) is 10.0. The highest BCUT2D eigenvalue weighted by Gasteiger charge is 2.44. The number of nitrogens with zero attached hydrogens (tertiary/aromatic N) is 2. The van der Waals surface area contributed by atoms with Crippen LogP contribution in [0.2, 0.25) is 0 Å². The lowest BCUT2D eigenvalue weighted by Crippen LogP contribution is -2.49. The van der Waals surface area contributed by atoms with Crippen LogP contribution in [0.3, 0.4) is 0 Å². The van der Waals surface area contributed by atoms with Crippen molar-refractivity contribution in [3.8, 4) is 0 Å². The van der Waals surface area contributed by atoms with Crippen LogP contribution in [0.5, 0.6) is 0 Å². The highest BCUT2D eigenvalue weighted by Crippen LogP contribution is 2.36. The normalized spacial score (nSPS) is 24.9. The van der Waals surface area contributed by atoms with E-state index >= 15 is 0 Å². The summed E-state index contributed by atoms with van der Waals surface area (Å²) in [6.07, 6.45) is 0.638. The number of sulfonamides is 1. The van der Waals surface area contributed by atoms with Gasteiger partial charge in [-0.3, -0.25) is 4.90 Å². The molecule has 1 aromatic carbocycles. The standard InChI is InChI=1S/C19H22N2O4S2/c1-14-18(15-6-3-2-4-7-15)25-19(22)21(14)16-9-11-20(12-10-16)27(23,24)17-8-5-13-26-17/h2-8,13-14,16,18H,9-12H2,1H3. The van der Waals surface area contributed by atoms with Gasteiger partial charge < -0.3 is 4.74 Å². The van der Waals surface area contributed by atoms with Gasteiger partial charge in [0, 0.05) is 19.1 Å². The minimum absolute atomic E-state index is 0.00371. The van der Waals surface area contributed by atoms with Gasteiger partial charge in [-0.05, 0) is 36.8 Å². The van der Waals surface area contributed by atoms with E-state index < -0.39 is 10.0 Å². The summed E-state index contributed by atoms with van der Waals surface area (Å²) in [7, 11) is -3.43. The molecule has 2 aliphatic rings. The van der Waals surface area contributed by atoms with Gasteiger partial charge in [0.15, 0.2) is 0 Å². The number of benzene rings is 1. The summed E-state index contributed by atoms with van der Waals surface area (Å²) >= 11 is 1.23. The lowest BCUT2D eigenvalue weighted by Gasteiger charge is -2.36. The molecule has 8 heteroatoms. The minimum atomic E-state index is -3.43. The molecule has 2 atom stereocenters. The second-order valence-electron chi connectivity index (χ2n) is 6.93. The molecule has 6 nitrogen and oxygen atoms in total. The van der Waals surface area contributed by atoms with Crippen LogP contribution in [0.25, 0.3) is 0 Å². The number of hydrogen-bond donors (Lipinski definition) is 0. The number of piperidine rings is 1. The average molecular weight is 407 g/mol. The van der Waals surface area contributed by atoms with Gasteiger partial charge in [0.05, 0.1) is 6.04 Å². The lowest BCUT2D eigenvalue weighted by atomic mass is 9.99. The first kappa shape index (κ1) is 18.5. The maximum absolute atomic E-state index is 12.7. The molecule has 0 aliphatic carbocycles. The molecule has 27 heavy (non-hydrogen) atoms. The van der Waals surface area contributed by atoms with Crippen LogP contribution in [-0.2, 0) is 14.8 Å². The summed E-state index contributed by atoms with van der Waals surface area (Å²) in [4.78, 5) is 14.3. The van der Waals surface area contributed by atoms with E-state index in [2.05, 4.69) is 0 Å². The number of thiophene rings is 1. The maximum Gasteiger partial charge on any atom is 0.411 e. The quantitative estimate of drug-likeness (QED) is 0.780. The Kier molecular flexibility index (Phi) is 4.96. The molecule has 4 rings (SSSR count). The smallest absolute Gasteiger partial charge is 0.411 e. The summed E-state index contributed by atoms with van der Waals surface area (Å²) in [5, 5.41) is 1.77. The van der Waals surface area contributed by atoms with Crippen molar-refractivity contribution in [2.45, 2.75) is 42.2 Å². The number of rotatable bonds is 4. The molecule has 0 bridgehead atoms. The third-order valence-electron chi connectivity index (χ3n) is 5.35. The SMILES string of the molecule is CC1C(c2ccccc2)OC(=O)N1C1CCN(S(=O)(=O)c2cccs2)CC1. The molecule has 2 saturated heterocycles. The van der Waals surface area contributed by atoms with Gasteiger partial charge in [0.25, 0.3) is 10.0 Å². The molecular formula is C19H22N2O4S2. The predicted molar refractivity (Wildman–Crippen MR) is 103 cm³/mol. The molecule has 144 valence electrons. The Morgan fingerprint density at radius 2 is 1.78 bits per heavy atom. The Morgan fingerprint density at radius 3 is 2.41 bits per heavy atom. The highest BCUT2D eigenvalue weighted by molar-refractivity contribution is 7.91. The van der Waals surface area contributed by atoms with Crippen molar-refractivity contribution in [2.75, 3.05) is 13.1 Å². The zero-order valence-electron chi connectivity index (χ0n) is 15.0.